The summed E-state index contributed by atoms with van der Waals surface area (Å²) in [7, 11) is 3.24. The van der Waals surface area contributed by atoms with Crippen molar-refractivity contribution in [3.63, 3.8) is 0 Å². The zero-order valence-corrected chi connectivity index (χ0v) is 28.6. The van der Waals surface area contributed by atoms with Crippen molar-refractivity contribution in [2.75, 3.05) is 14.2 Å². The van der Waals surface area contributed by atoms with Gasteiger partial charge in [0.15, 0.2) is 11.5 Å². The monoisotopic (exact) mass is 602 g/mol. The van der Waals surface area contributed by atoms with Crippen LogP contribution in [-0.2, 0) is 9.53 Å². The number of esters is 1. The van der Waals surface area contributed by atoms with Crippen LogP contribution < -0.4 is 9.47 Å². The molecule has 1 aromatic rings. The van der Waals surface area contributed by atoms with Crippen molar-refractivity contribution in [2.45, 2.75) is 111 Å². The molecule has 0 amide bonds. The van der Waals surface area contributed by atoms with Crippen LogP contribution in [-0.4, -0.2) is 26.3 Å². The smallest absolute Gasteiger partial charge is 0.331 e. The highest BCUT2D eigenvalue weighted by Crippen LogP contribution is 2.76. The van der Waals surface area contributed by atoms with Gasteiger partial charge in [-0.2, -0.15) is 0 Å². The predicted molar refractivity (Wildman–Crippen MR) is 178 cm³/mol. The Kier molecular flexibility index (Phi) is 9.03. The van der Waals surface area contributed by atoms with E-state index in [1.54, 1.807) is 31.9 Å². The lowest BCUT2D eigenvalue weighted by Crippen LogP contribution is -2.61. The van der Waals surface area contributed by atoms with Crippen molar-refractivity contribution in [3.05, 3.63) is 41.5 Å². The van der Waals surface area contributed by atoms with E-state index in [9.17, 15) is 4.79 Å². The molecule has 6 rings (SSSR count). The van der Waals surface area contributed by atoms with E-state index < -0.39 is 0 Å². The number of rotatable bonds is 10. The number of fused-ring (bicyclic) bond motifs is 4. The van der Waals surface area contributed by atoms with Crippen molar-refractivity contribution in [3.8, 4) is 11.5 Å². The third kappa shape index (κ3) is 5.24. The van der Waals surface area contributed by atoms with Crippen LogP contribution >= 0.6 is 0 Å². The molecule has 0 radical (unpaired) electrons. The fraction of sp³-hybridized carbons (Fsp3) is 0.725. The zero-order chi connectivity index (χ0) is 31.2. The van der Waals surface area contributed by atoms with E-state index in [1.807, 2.05) is 18.2 Å². The molecule has 0 N–H and O–H groups in total. The molecule has 4 heteroatoms. The van der Waals surface area contributed by atoms with Crippen LogP contribution in [0.1, 0.15) is 111 Å². The van der Waals surface area contributed by atoms with Gasteiger partial charge in [-0.15, -0.1) is 0 Å². The van der Waals surface area contributed by atoms with E-state index in [0.29, 0.717) is 16.9 Å². The molecule has 0 saturated heterocycles. The number of carbonyl (C=O) groups is 1. The van der Waals surface area contributed by atoms with Gasteiger partial charge in [-0.25, -0.2) is 4.79 Å². The van der Waals surface area contributed by atoms with Gasteiger partial charge in [0.1, 0.15) is 6.10 Å². The summed E-state index contributed by atoms with van der Waals surface area (Å²) in [5.74, 6) is 8.24. The number of carbonyl (C=O) groups excluding carboxylic acids is 1. The molecule has 4 fully saturated rings. The molecule has 5 aliphatic rings. The highest BCUT2D eigenvalue weighted by molar-refractivity contribution is 5.87. The molecular formula is C40H58O4. The fourth-order valence-corrected chi connectivity index (χ4v) is 11.8. The summed E-state index contributed by atoms with van der Waals surface area (Å²) in [6.07, 6.45) is 20.3. The SMILES string of the molecule is CCC(CCC1C(C)C23CCC4C(CC=C5CC(OC(=O)/C=C/c6ccc(OC)c(OC)c6)CCC54C)C2CCC13)C(C)C. The second kappa shape index (κ2) is 12.5. The second-order valence-electron chi connectivity index (χ2n) is 15.8. The minimum Gasteiger partial charge on any atom is -0.493 e. The summed E-state index contributed by atoms with van der Waals surface area (Å²) in [5, 5.41) is 0. The third-order valence-electron chi connectivity index (χ3n) is 14.2. The Morgan fingerprint density at radius 2 is 1.80 bits per heavy atom. The molecule has 44 heavy (non-hydrogen) atoms. The lowest BCUT2D eigenvalue weighted by atomic mass is 9.37. The first-order valence-corrected chi connectivity index (χ1v) is 18.0. The fourth-order valence-electron chi connectivity index (χ4n) is 11.8. The van der Waals surface area contributed by atoms with Crippen molar-refractivity contribution in [2.24, 2.45) is 58.2 Å². The lowest BCUT2D eigenvalue weighted by molar-refractivity contribution is -0.180. The first-order valence-electron chi connectivity index (χ1n) is 18.0. The maximum atomic E-state index is 12.8. The Morgan fingerprint density at radius 3 is 2.52 bits per heavy atom. The summed E-state index contributed by atoms with van der Waals surface area (Å²) >= 11 is 0. The Labute approximate surface area is 267 Å². The minimum absolute atomic E-state index is 0.0237. The van der Waals surface area contributed by atoms with Crippen LogP contribution in [0.15, 0.2) is 35.9 Å². The van der Waals surface area contributed by atoms with Crippen molar-refractivity contribution in [1.82, 2.24) is 0 Å². The lowest BCUT2D eigenvalue weighted by Gasteiger charge is -2.67. The summed E-state index contributed by atoms with van der Waals surface area (Å²) in [6, 6.07) is 5.64. The number of ether oxygens (including phenoxy) is 3. The van der Waals surface area contributed by atoms with E-state index in [0.717, 1.165) is 72.2 Å². The van der Waals surface area contributed by atoms with Crippen LogP contribution in [0.3, 0.4) is 0 Å². The van der Waals surface area contributed by atoms with E-state index >= 15 is 0 Å². The maximum absolute atomic E-state index is 12.8. The summed E-state index contributed by atoms with van der Waals surface area (Å²) in [5.41, 5.74) is 3.38. The first kappa shape index (κ1) is 31.7. The molecule has 0 aromatic heterocycles. The molecule has 4 nitrogen and oxygen atoms in total. The van der Waals surface area contributed by atoms with Gasteiger partial charge in [-0.05, 0) is 140 Å². The van der Waals surface area contributed by atoms with Gasteiger partial charge in [0, 0.05) is 12.5 Å². The molecular weight excluding hydrogens is 544 g/mol. The van der Waals surface area contributed by atoms with Gasteiger partial charge in [0.25, 0.3) is 0 Å². The molecule has 10 unspecified atom stereocenters. The Morgan fingerprint density at radius 1 is 1.02 bits per heavy atom. The second-order valence-corrected chi connectivity index (χ2v) is 15.8. The first-order chi connectivity index (χ1) is 21.2. The van der Waals surface area contributed by atoms with Gasteiger partial charge < -0.3 is 14.2 Å². The quantitative estimate of drug-likeness (QED) is 0.152. The van der Waals surface area contributed by atoms with Crippen LogP contribution in [0.25, 0.3) is 6.08 Å². The standard InChI is InChI=1S/C40H58O4/c1-8-28(25(2)3)11-13-31-26(4)40-22-20-33-32(35(40)16-15-34(31)40)14-12-29-24-30(19-21-39(29,33)5)44-38(41)18-10-27-9-17-36(42-6)37(23-27)43-7/h9-10,12,17-18,23,25-26,28,30-35H,8,11,13-16,19-22,24H2,1-7H3/b18-10+. The van der Waals surface area contributed by atoms with Gasteiger partial charge in [-0.3, -0.25) is 0 Å². The highest BCUT2D eigenvalue weighted by Gasteiger charge is 2.69. The third-order valence-corrected chi connectivity index (χ3v) is 14.2. The molecule has 0 heterocycles. The Hall–Kier alpha value is -2.23. The Balaban J connectivity index is 1.08. The summed E-state index contributed by atoms with van der Waals surface area (Å²) in [6.45, 7) is 12.5. The van der Waals surface area contributed by atoms with Crippen LogP contribution in [0, 0.1) is 58.2 Å². The maximum Gasteiger partial charge on any atom is 0.331 e. The van der Waals surface area contributed by atoms with E-state index in [1.165, 1.54) is 51.4 Å². The van der Waals surface area contributed by atoms with Gasteiger partial charge >= 0.3 is 5.97 Å². The van der Waals surface area contributed by atoms with Gasteiger partial charge in [-0.1, -0.05) is 58.8 Å². The molecule has 4 saturated carbocycles. The van der Waals surface area contributed by atoms with Gasteiger partial charge in [0.05, 0.1) is 14.2 Å². The molecule has 242 valence electrons. The minimum atomic E-state index is -0.258. The molecule has 5 aliphatic carbocycles. The van der Waals surface area contributed by atoms with E-state index in [4.69, 9.17) is 14.2 Å². The summed E-state index contributed by atoms with van der Waals surface area (Å²) in [4.78, 5) is 12.8. The normalized spacial score (nSPS) is 38.1. The highest BCUT2D eigenvalue weighted by atomic mass is 16.5. The van der Waals surface area contributed by atoms with Crippen LogP contribution in [0.2, 0.25) is 0 Å². The molecule has 1 aromatic carbocycles. The molecule has 1 spiro atoms. The number of methoxy groups -OCH3 is 2. The zero-order valence-electron chi connectivity index (χ0n) is 28.6. The number of hydrogen-bond donors (Lipinski definition) is 0. The molecule has 0 bridgehead atoms. The predicted octanol–water partition coefficient (Wildman–Crippen LogP) is 9.92. The average Bonchev–Trinajstić information content (AvgIpc) is 3.37. The van der Waals surface area contributed by atoms with Crippen molar-refractivity contribution < 1.29 is 19.0 Å². The largest absolute Gasteiger partial charge is 0.493 e. The van der Waals surface area contributed by atoms with Crippen LogP contribution in [0.4, 0.5) is 0 Å². The van der Waals surface area contributed by atoms with E-state index in [-0.39, 0.29) is 17.5 Å². The topological polar surface area (TPSA) is 44.8 Å². The number of allylic oxidation sites excluding steroid dienone is 1. The number of hydrogen-bond acceptors (Lipinski definition) is 4. The molecule has 10 atom stereocenters. The number of benzene rings is 1. The molecule has 0 aliphatic heterocycles. The summed E-state index contributed by atoms with van der Waals surface area (Å²) < 4.78 is 16.7. The average molecular weight is 603 g/mol. The van der Waals surface area contributed by atoms with Gasteiger partial charge in [0.2, 0.25) is 0 Å². The van der Waals surface area contributed by atoms with Crippen molar-refractivity contribution in [1.29, 1.82) is 0 Å². The van der Waals surface area contributed by atoms with Crippen molar-refractivity contribution >= 4 is 12.0 Å². The Bertz CT molecular complexity index is 1260. The van der Waals surface area contributed by atoms with Crippen LogP contribution in [0.5, 0.6) is 11.5 Å². The van der Waals surface area contributed by atoms with E-state index in [2.05, 4.69) is 40.7 Å².